The fraction of sp³-hybridized carbons (Fsp3) is 0.214. The van der Waals surface area contributed by atoms with Crippen LogP contribution < -0.4 is 5.32 Å². The van der Waals surface area contributed by atoms with E-state index < -0.39 is 4.92 Å². The van der Waals surface area contributed by atoms with Gasteiger partial charge in [0.1, 0.15) is 0 Å². The lowest BCUT2D eigenvalue weighted by molar-refractivity contribution is -0.385. The summed E-state index contributed by atoms with van der Waals surface area (Å²) in [5.74, 6) is 0. The summed E-state index contributed by atoms with van der Waals surface area (Å²) < 4.78 is 0.706. The van der Waals surface area contributed by atoms with Gasteiger partial charge in [-0.3, -0.25) is 15.1 Å². The average molecular weight is 336 g/mol. The number of hydrogen-bond donors (Lipinski definition) is 1. The number of nitro benzene ring substituents is 1. The minimum absolute atomic E-state index is 0.0882. The number of hydrogen-bond acceptors (Lipinski definition) is 4. The van der Waals surface area contributed by atoms with Crippen LogP contribution in [0, 0.1) is 10.1 Å². The third-order valence-electron chi connectivity index (χ3n) is 2.95. The van der Waals surface area contributed by atoms with E-state index in [0.717, 1.165) is 11.1 Å². The molecule has 0 bridgehead atoms. The van der Waals surface area contributed by atoms with Gasteiger partial charge < -0.3 is 5.32 Å². The van der Waals surface area contributed by atoms with Gasteiger partial charge in [0, 0.05) is 41.6 Å². The highest BCUT2D eigenvalue weighted by atomic mass is 79.9. The van der Waals surface area contributed by atoms with Crippen molar-refractivity contribution in [3.8, 4) is 0 Å². The molecule has 1 heterocycles. The number of halogens is 1. The molecule has 0 spiro atoms. The summed E-state index contributed by atoms with van der Waals surface area (Å²) >= 11 is 3.29. The molecule has 0 radical (unpaired) electrons. The standard InChI is InChI=1S/C14H14BrN3O2/c1-10(12-3-2-4-16-9-12)17-8-11-5-13(15)7-14(6-11)18(19)20/h2-7,9-10,17H,8H2,1H3/t10-/m1/s1. The largest absolute Gasteiger partial charge is 0.306 e. The average Bonchev–Trinajstić information content (AvgIpc) is 2.45. The van der Waals surface area contributed by atoms with E-state index in [2.05, 4.69) is 26.2 Å². The van der Waals surface area contributed by atoms with Crippen LogP contribution in [0.15, 0.2) is 47.2 Å². The van der Waals surface area contributed by atoms with Gasteiger partial charge in [0.25, 0.3) is 5.69 Å². The molecule has 0 fully saturated rings. The highest BCUT2D eigenvalue weighted by Crippen LogP contribution is 2.22. The van der Waals surface area contributed by atoms with Gasteiger partial charge in [0.05, 0.1) is 4.92 Å². The Hall–Kier alpha value is -1.79. The second kappa shape index (κ2) is 6.58. The number of aromatic nitrogens is 1. The Morgan fingerprint density at radius 3 is 2.90 bits per heavy atom. The molecule has 0 aliphatic heterocycles. The fourth-order valence-electron chi connectivity index (χ4n) is 1.86. The molecule has 2 rings (SSSR count). The lowest BCUT2D eigenvalue weighted by atomic mass is 10.1. The van der Waals surface area contributed by atoms with Crippen molar-refractivity contribution in [3.05, 3.63) is 68.4 Å². The summed E-state index contributed by atoms with van der Waals surface area (Å²) in [5, 5.41) is 14.1. The molecular formula is C14H14BrN3O2. The number of non-ortho nitro benzene ring substituents is 1. The Morgan fingerprint density at radius 2 is 2.25 bits per heavy atom. The summed E-state index contributed by atoms with van der Waals surface area (Å²) in [5.41, 5.74) is 2.03. The van der Waals surface area contributed by atoms with Crippen molar-refractivity contribution < 1.29 is 4.92 Å². The summed E-state index contributed by atoms with van der Waals surface area (Å²) in [7, 11) is 0. The van der Waals surface area contributed by atoms with E-state index in [9.17, 15) is 10.1 Å². The zero-order valence-corrected chi connectivity index (χ0v) is 12.5. The van der Waals surface area contributed by atoms with Crippen LogP contribution in [0.3, 0.4) is 0 Å². The molecule has 1 N–H and O–H groups in total. The van der Waals surface area contributed by atoms with Gasteiger partial charge in [-0.2, -0.15) is 0 Å². The monoisotopic (exact) mass is 335 g/mol. The second-order valence-electron chi connectivity index (χ2n) is 4.46. The van der Waals surface area contributed by atoms with Crippen molar-refractivity contribution >= 4 is 21.6 Å². The Balaban J connectivity index is 2.06. The Kier molecular flexibility index (Phi) is 4.81. The Bertz CT molecular complexity index is 605. The molecule has 0 aliphatic carbocycles. The zero-order chi connectivity index (χ0) is 14.5. The van der Waals surface area contributed by atoms with E-state index in [4.69, 9.17) is 0 Å². The van der Waals surface area contributed by atoms with Crippen LogP contribution in [0.5, 0.6) is 0 Å². The van der Waals surface area contributed by atoms with E-state index >= 15 is 0 Å². The van der Waals surface area contributed by atoms with Gasteiger partial charge in [-0.05, 0) is 30.2 Å². The van der Waals surface area contributed by atoms with Crippen molar-refractivity contribution in [2.45, 2.75) is 19.5 Å². The Labute approximate surface area is 125 Å². The maximum atomic E-state index is 10.8. The minimum Gasteiger partial charge on any atom is -0.306 e. The first-order valence-corrected chi connectivity index (χ1v) is 6.93. The van der Waals surface area contributed by atoms with Crippen LogP contribution >= 0.6 is 15.9 Å². The van der Waals surface area contributed by atoms with Gasteiger partial charge in [-0.1, -0.05) is 22.0 Å². The fourth-order valence-corrected chi connectivity index (χ4v) is 2.39. The number of nitro groups is 1. The second-order valence-corrected chi connectivity index (χ2v) is 5.38. The molecule has 1 aromatic heterocycles. The first-order chi connectivity index (χ1) is 9.56. The van der Waals surface area contributed by atoms with Crippen LogP contribution in [0.2, 0.25) is 0 Å². The number of pyridine rings is 1. The Morgan fingerprint density at radius 1 is 1.45 bits per heavy atom. The van der Waals surface area contributed by atoms with E-state index in [1.54, 1.807) is 18.5 Å². The molecule has 104 valence electrons. The first-order valence-electron chi connectivity index (χ1n) is 6.13. The van der Waals surface area contributed by atoms with Crippen LogP contribution in [0.25, 0.3) is 0 Å². The molecule has 1 aromatic carbocycles. The highest BCUT2D eigenvalue weighted by molar-refractivity contribution is 9.10. The van der Waals surface area contributed by atoms with E-state index in [0.29, 0.717) is 11.0 Å². The smallest absolute Gasteiger partial charge is 0.270 e. The predicted octanol–water partition coefficient (Wildman–Crippen LogP) is 3.60. The molecule has 0 saturated carbocycles. The molecule has 0 aliphatic rings. The van der Waals surface area contributed by atoms with Gasteiger partial charge in [-0.25, -0.2) is 0 Å². The normalized spacial score (nSPS) is 12.1. The van der Waals surface area contributed by atoms with Gasteiger partial charge >= 0.3 is 0 Å². The van der Waals surface area contributed by atoms with Gasteiger partial charge in [-0.15, -0.1) is 0 Å². The maximum Gasteiger partial charge on any atom is 0.270 e. The number of nitrogens with zero attached hydrogens (tertiary/aromatic N) is 2. The minimum atomic E-state index is -0.390. The SMILES string of the molecule is C[C@@H](NCc1cc(Br)cc([N+](=O)[O-])c1)c1cccnc1. The van der Waals surface area contributed by atoms with Crippen molar-refractivity contribution in [2.24, 2.45) is 0 Å². The van der Waals surface area contributed by atoms with E-state index in [1.807, 2.05) is 25.1 Å². The van der Waals surface area contributed by atoms with Crippen LogP contribution in [-0.2, 0) is 6.54 Å². The number of benzene rings is 1. The van der Waals surface area contributed by atoms with Crippen LogP contribution in [-0.4, -0.2) is 9.91 Å². The molecule has 5 nitrogen and oxygen atoms in total. The highest BCUT2D eigenvalue weighted by Gasteiger charge is 2.10. The molecule has 0 saturated heterocycles. The van der Waals surface area contributed by atoms with Crippen molar-refractivity contribution in [2.75, 3.05) is 0 Å². The summed E-state index contributed by atoms with van der Waals surface area (Å²) in [4.78, 5) is 14.5. The lowest BCUT2D eigenvalue weighted by Gasteiger charge is -2.13. The van der Waals surface area contributed by atoms with Crippen LogP contribution in [0.1, 0.15) is 24.1 Å². The zero-order valence-electron chi connectivity index (χ0n) is 10.9. The van der Waals surface area contributed by atoms with Crippen molar-refractivity contribution in [1.29, 1.82) is 0 Å². The van der Waals surface area contributed by atoms with E-state index in [-0.39, 0.29) is 11.7 Å². The number of nitrogens with one attached hydrogen (secondary N) is 1. The lowest BCUT2D eigenvalue weighted by Crippen LogP contribution is -2.18. The van der Waals surface area contributed by atoms with Crippen LogP contribution in [0.4, 0.5) is 5.69 Å². The summed E-state index contributed by atoms with van der Waals surface area (Å²) in [6.07, 6.45) is 3.54. The molecule has 0 amide bonds. The molecule has 0 unspecified atom stereocenters. The summed E-state index contributed by atoms with van der Waals surface area (Å²) in [6, 6.07) is 8.95. The molecule has 1 atom stereocenters. The molecule has 20 heavy (non-hydrogen) atoms. The molecular weight excluding hydrogens is 322 g/mol. The predicted molar refractivity (Wildman–Crippen MR) is 80.3 cm³/mol. The number of rotatable bonds is 5. The third kappa shape index (κ3) is 3.85. The molecule has 6 heteroatoms. The third-order valence-corrected chi connectivity index (χ3v) is 3.41. The quantitative estimate of drug-likeness (QED) is 0.669. The first kappa shape index (κ1) is 14.6. The topological polar surface area (TPSA) is 68.1 Å². The van der Waals surface area contributed by atoms with Crippen molar-refractivity contribution in [1.82, 2.24) is 10.3 Å². The summed E-state index contributed by atoms with van der Waals surface area (Å²) in [6.45, 7) is 2.58. The van der Waals surface area contributed by atoms with Gasteiger partial charge in [0.2, 0.25) is 0 Å². The van der Waals surface area contributed by atoms with Gasteiger partial charge in [0.15, 0.2) is 0 Å². The van der Waals surface area contributed by atoms with E-state index in [1.165, 1.54) is 6.07 Å². The maximum absolute atomic E-state index is 10.8. The van der Waals surface area contributed by atoms with Crippen molar-refractivity contribution in [3.63, 3.8) is 0 Å². The molecule has 2 aromatic rings.